The molecule has 5 N–H and O–H groups in total. The molecule has 0 saturated heterocycles. The first kappa shape index (κ1) is 17.4. The Morgan fingerprint density at radius 1 is 1.32 bits per heavy atom. The maximum Gasteiger partial charge on any atom is 0.325 e. The Hall–Kier alpha value is -2.61. The summed E-state index contributed by atoms with van der Waals surface area (Å²) in [5.74, 6) is -1.86. The molecule has 1 aromatic carbocycles. The van der Waals surface area contributed by atoms with Crippen molar-refractivity contribution in [1.82, 2.24) is 10.6 Å². The fourth-order valence-electron chi connectivity index (χ4n) is 1.64. The standard InChI is InChI=1S/C14H19N3O5/c1-8(14(20)21)17-12(18)9-3-4-10(11(7-9)22-2)13(19)16-6-5-15/h3-4,7-8H,5-6,15H2,1-2H3,(H,16,19)(H,17,18)(H,20,21)/t8-/m0/s1. The molecule has 2 amide bonds. The number of benzene rings is 1. The van der Waals surface area contributed by atoms with Gasteiger partial charge < -0.3 is 26.2 Å². The third-order valence-corrected chi connectivity index (χ3v) is 2.86. The number of methoxy groups -OCH3 is 1. The highest BCUT2D eigenvalue weighted by Gasteiger charge is 2.18. The average molecular weight is 309 g/mol. The fourth-order valence-corrected chi connectivity index (χ4v) is 1.64. The van der Waals surface area contributed by atoms with Crippen LogP contribution in [0.3, 0.4) is 0 Å². The molecule has 8 nitrogen and oxygen atoms in total. The van der Waals surface area contributed by atoms with Crippen molar-refractivity contribution < 1.29 is 24.2 Å². The molecule has 0 bridgehead atoms. The van der Waals surface area contributed by atoms with Crippen LogP contribution in [-0.2, 0) is 4.79 Å². The molecule has 0 heterocycles. The molecule has 0 fully saturated rings. The zero-order chi connectivity index (χ0) is 16.7. The van der Waals surface area contributed by atoms with Gasteiger partial charge in [0, 0.05) is 18.7 Å². The highest BCUT2D eigenvalue weighted by molar-refractivity contribution is 6.01. The first-order valence-corrected chi connectivity index (χ1v) is 6.60. The van der Waals surface area contributed by atoms with Crippen molar-refractivity contribution in [2.75, 3.05) is 20.2 Å². The van der Waals surface area contributed by atoms with Gasteiger partial charge in [-0.25, -0.2) is 0 Å². The number of carboxylic acid groups (broad SMARTS) is 1. The van der Waals surface area contributed by atoms with E-state index in [9.17, 15) is 14.4 Å². The van der Waals surface area contributed by atoms with Crippen molar-refractivity contribution in [2.45, 2.75) is 13.0 Å². The number of hydrogen-bond donors (Lipinski definition) is 4. The number of ether oxygens (including phenoxy) is 1. The molecule has 0 spiro atoms. The lowest BCUT2D eigenvalue weighted by Crippen LogP contribution is -2.38. The lowest BCUT2D eigenvalue weighted by molar-refractivity contribution is -0.138. The molecular formula is C14H19N3O5. The summed E-state index contributed by atoms with van der Waals surface area (Å²) in [6, 6.07) is 3.21. The highest BCUT2D eigenvalue weighted by Crippen LogP contribution is 2.20. The Bertz CT molecular complexity index is 574. The molecule has 120 valence electrons. The third kappa shape index (κ3) is 4.45. The topological polar surface area (TPSA) is 131 Å². The Morgan fingerprint density at radius 3 is 2.55 bits per heavy atom. The van der Waals surface area contributed by atoms with Gasteiger partial charge in [-0.15, -0.1) is 0 Å². The maximum atomic E-state index is 11.9. The van der Waals surface area contributed by atoms with E-state index in [2.05, 4.69) is 10.6 Å². The average Bonchev–Trinajstić information content (AvgIpc) is 2.51. The molecule has 0 aromatic heterocycles. The third-order valence-electron chi connectivity index (χ3n) is 2.86. The van der Waals surface area contributed by atoms with Gasteiger partial charge in [-0.3, -0.25) is 14.4 Å². The number of aliphatic carboxylic acids is 1. The molecule has 0 unspecified atom stereocenters. The zero-order valence-electron chi connectivity index (χ0n) is 12.4. The van der Waals surface area contributed by atoms with Gasteiger partial charge in [-0.1, -0.05) is 0 Å². The number of carboxylic acids is 1. The number of amides is 2. The van der Waals surface area contributed by atoms with Gasteiger partial charge in [0.2, 0.25) is 0 Å². The van der Waals surface area contributed by atoms with Crippen LogP contribution in [0.2, 0.25) is 0 Å². The van der Waals surface area contributed by atoms with E-state index in [-0.39, 0.29) is 22.8 Å². The number of carbonyl (C=O) groups excluding carboxylic acids is 2. The molecule has 0 aliphatic rings. The molecule has 1 rings (SSSR count). The van der Waals surface area contributed by atoms with Crippen molar-refractivity contribution >= 4 is 17.8 Å². The summed E-state index contributed by atoms with van der Waals surface area (Å²) in [7, 11) is 1.37. The Labute approximate surface area is 127 Å². The molecule has 0 saturated carbocycles. The van der Waals surface area contributed by atoms with E-state index in [1.54, 1.807) is 0 Å². The van der Waals surface area contributed by atoms with Crippen molar-refractivity contribution in [3.05, 3.63) is 29.3 Å². The van der Waals surface area contributed by atoms with Crippen LogP contribution in [0.25, 0.3) is 0 Å². The first-order valence-electron chi connectivity index (χ1n) is 6.60. The van der Waals surface area contributed by atoms with Gasteiger partial charge in [0.15, 0.2) is 0 Å². The largest absolute Gasteiger partial charge is 0.496 e. The van der Waals surface area contributed by atoms with Crippen LogP contribution in [-0.4, -0.2) is 49.1 Å². The van der Waals surface area contributed by atoms with Crippen LogP contribution in [0.1, 0.15) is 27.6 Å². The van der Waals surface area contributed by atoms with Gasteiger partial charge >= 0.3 is 5.97 Å². The van der Waals surface area contributed by atoms with Gasteiger partial charge in [0.25, 0.3) is 11.8 Å². The monoisotopic (exact) mass is 309 g/mol. The lowest BCUT2D eigenvalue weighted by Gasteiger charge is -2.12. The number of carbonyl (C=O) groups is 3. The van der Waals surface area contributed by atoms with Crippen LogP contribution in [0.5, 0.6) is 5.75 Å². The minimum atomic E-state index is -1.14. The molecule has 0 aliphatic heterocycles. The summed E-state index contributed by atoms with van der Waals surface area (Å²) >= 11 is 0. The zero-order valence-corrected chi connectivity index (χ0v) is 12.4. The van der Waals surface area contributed by atoms with Crippen molar-refractivity contribution in [1.29, 1.82) is 0 Å². The Morgan fingerprint density at radius 2 is 2.00 bits per heavy atom. The second kappa shape index (κ2) is 7.99. The Balaban J connectivity index is 2.94. The molecule has 0 radical (unpaired) electrons. The SMILES string of the molecule is COc1cc(C(=O)N[C@@H](C)C(=O)O)ccc1C(=O)NCCN. The van der Waals surface area contributed by atoms with E-state index >= 15 is 0 Å². The fraction of sp³-hybridized carbons (Fsp3) is 0.357. The summed E-state index contributed by atoms with van der Waals surface area (Å²) in [5, 5.41) is 13.7. The van der Waals surface area contributed by atoms with Crippen LogP contribution in [0, 0.1) is 0 Å². The van der Waals surface area contributed by atoms with Gasteiger partial charge in [0.1, 0.15) is 11.8 Å². The van der Waals surface area contributed by atoms with E-state index in [1.165, 1.54) is 32.2 Å². The predicted molar refractivity (Wildman–Crippen MR) is 78.9 cm³/mol. The Kier molecular flexibility index (Phi) is 6.33. The van der Waals surface area contributed by atoms with Crippen LogP contribution >= 0.6 is 0 Å². The first-order chi connectivity index (χ1) is 10.4. The van der Waals surface area contributed by atoms with Gasteiger partial charge in [0.05, 0.1) is 12.7 Å². The highest BCUT2D eigenvalue weighted by atomic mass is 16.5. The maximum absolute atomic E-state index is 11.9. The minimum Gasteiger partial charge on any atom is -0.496 e. The predicted octanol–water partition coefficient (Wildman–Crippen LogP) is -0.413. The molecule has 8 heteroatoms. The van der Waals surface area contributed by atoms with Crippen molar-refractivity contribution in [3.8, 4) is 5.75 Å². The molecular weight excluding hydrogens is 290 g/mol. The second-order valence-electron chi connectivity index (χ2n) is 4.49. The van der Waals surface area contributed by atoms with E-state index < -0.39 is 17.9 Å². The smallest absolute Gasteiger partial charge is 0.325 e. The molecule has 22 heavy (non-hydrogen) atoms. The molecule has 0 aliphatic carbocycles. The van der Waals surface area contributed by atoms with Crippen LogP contribution in [0.4, 0.5) is 0 Å². The van der Waals surface area contributed by atoms with Gasteiger partial charge in [-0.2, -0.15) is 0 Å². The van der Waals surface area contributed by atoms with E-state index in [1.807, 2.05) is 0 Å². The van der Waals surface area contributed by atoms with Gasteiger partial charge in [-0.05, 0) is 25.1 Å². The lowest BCUT2D eigenvalue weighted by atomic mass is 10.1. The molecule has 1 aromatic rings. The second-order valence-corrected chi connectivity index (χ2v) is 4.49. The summed E-state index contributed by atoms with van der Waals surface area (Å²) in [5.41, 5.74) is 5.77. The molecule has 1 atom stereocenters. The van der Waals surface area contributed by atoms with Crippen LogP contribution in [0.15, 0.2) is 18.2 Å². The number of rotatable bonds is 7. The van der Waals surface area contributed by atoms with Crippen LogP contribution < -0.4 is 21.1 Å². The number of hydrogen-bond acceptors (Lipinski definition) is 5. The minimum absolute atomic E-state index is 0.195. The van der Waals surface area contributed by atoms with E-state index in [0.29, 0.717) is 13.1 Å². The van der Waals surface area contributed by atoms with Crippen molar-refractivity contribution in [3.63, 3.8) is 0 Å². The van der Waals surface area contributed by atoms with E-state index in [0.717, 1.165) is 0 Å². The van der Waals surface area contributed by atoms with Crippen molar-refractivity contribution in [2.24, 2.45) is 5.73 Å². The number of nitrogens with two attached hydrogens (primary N) is 1. The summed E-state index contributed by atoms with van der Waals surface area (Å²) < 4.78 is 5.10. The summed E-state index contributed by atoms with van der Waals surface area (Å²) in [4.78, 5) is 34.6. The summed E-state index contributed by atoms with van der Waals surface area (Å²) in [6.45, 7) is 1.98. The summed E-state index contributed by atoms with van der Waals surface area (Å²) in [6.07, 6.45) is 0. The normalized spacial score (nSPS) is 11.4. The van der Waals surface area contributed by atoms with E-state index in [4.69, 9.17) is 15.6 Å². The quantitative estimate of drug-likeness (QED) is 0.541. The number of nitrogens with one attached hydrogen (secondary N) is 2.